The average molecular weight is 305 g/mol. The Labute approximate surface area is 96.8 Å². The highest BCUT2D eigenvalue weighted by Gasteiger charge is 2.04. The number of rotatable bonds is 3. The molecule has 76 valence electrons. The Morgan fingerprint density at radius 3 is 2.79 bits per heavy atom. The lowest BCUT2D eigenvalue weighted by Crippen LogP contribution is -2.07. The van der Waals surface area contributed by atoms with Crippen LogP contribution in [0.1, 0.15) is 12.5 Å². The van der Waals surface area contributed by atoms with E-state index in [4.69, 9.17) is 10.5 Å². The van der Waals surface area contributed by atoms with Gasteiger partial charge in [0.2, 0.25) is 0 Å². The number of hydrogen-bond acceptors (Lipinski definition) is 3. The largest absolute Gasteiger partial charge is 0.466 e. The van der Waals surface area contributed by atoms with Crippen molar-refractivity contribution in [2.45, 2.75) is 13.3 Å². The van der Waals surface area contributed by atoms with Crippen LogP contribution in [0.5, 0.6) is 0 Å². The molecule has 0 amide bonds. The summed E-state index contributed by atoms with van der Waals surface area (Å²) in [5.41, 5.74) is 7.23. The summed E-state index contributed by atoms with van der Waals surface area (Å²) in [5.74, 6) is -0.214. The van der Waals surface area contributed by atoms with E-state index in [1.165, 1.54) is 0 Å². The molecule has 1 aromatic carbocycles. The standard InChI is InChI=1S/C10H12INO2/c1-2-14-10(13)5-7-3-8(11)6-9(12)4-7/h3-4,6H,2,5,12H2,1H3. The Morgan fingerprint density at radius 2 is 2.21 bits per heavy atom. The molecule has 0 radical (unpaired) electrons. The van der Waals surface area contributed by atoms with Gasteiger partial charge in [0.05, 0.1) is 13.0 Å². The molecule has 3 nitrogen and oxygen atoms in total. The summed E-state index contributed by atoms with van der Waals surface area (Å²) in [5, 5.41) is 0. The lowest BCUT2D eigenvalue weighted by molar-refractivity contribution is -0.142. The normalized spacial score (nSPS) is 9.86. The second kappa shape index (κ2) is 5.19. The molecule has 0 aliphatic rings. The minimum Gasteiger partial charge on any atom is -0.466 e. The quantitative estimate of drug-likeness (QED) is 0.528. The van der Waals surface area contributed by atoms with Crippen LogP contribution in [-0.2, 0) is 16.0 Å². The van der Waals surface area contributed by atoms with Crippen molar-refractivity contribution in [2.75, 3.05) is 12.3 Å². The van der Waals surface area contributed by atoms with Crippen molar-refractivity contribution >= 4 is 34.2 Å². The zero-order valence-electron chi connectivity index (χ0n) is 7.92. The number of carbonyl (C=O) groups excluding carboxylic acids is 1. The van der Waals surface area contributed by atoms with Crippen LogP contribution in [0.3, 0.4) is 0 Å². The predicted octanol–water partition coefficient (Wildman–Crippen LogP) is 1.98. The molecule has 1 aromatic rings. The Balaban J connectivity index is 2.71. The third-order valence-corrected chi connectivity index (χ3v) is 2.26. The zero-order chi connectivity index (χ0) is 10.6. The molecule has 0 aromatic heterocycles. The first-order chi connectivity index (χ1) is 6.61. The van der Waals surface area contributed by atoms with Crippen LogP contribution in [0.4, 0.5) is 5.69 Å². The minimum atomic E-state index is -0.214. The SMILES string of the molecule is CCOC(=O)Cc1cc(N)cc(I)c1. The van der Waals surface area contributed by atoms with Crippen LogP contribution in [0, 0.1) is 3.57 Å². The van der Waals surface area contributed by atoms with Gasteiger partial charge in [-0.15, -0.1) is 0 Å². The Morgan fingerprint density at radius 1 is 1.50 bits per heavy atom. The van der Waals surface area contributed by atoms with E-state index in [1.807, 2.05) is 12.1 Å². The molecule has 0 atom stereocenters. The van der Waals surface area contributed by atoms with Crippen LogP contribution >= 0.6 is 22.6 Å². The van der Waals surface area contributed by atoms with E-state index in [-0.39, 0.29) is 12.4 Å². The molecule has 14 heavy (non-hydrogen) atoms. The summed E-state index contributed by atoms with van der Waals surface area (Å²) in [6, 6.07) is 5.57. The lowest BCUT2D eigenvalue weighted by atomic mass is 10.1. The summed E-state index contributed by atoms with van der Waals surface area (Å²) < 4.78 is 5.87. The molecular formula is C10H12INO2. The van der Waals surface area contributed by atoms with Gasteiger partial charge in [-0.25, -0.2) is 0 Å². The number of carbonyl (C=O) groups is 1. The fraction of sp³-hybridized carbons (Fsp3) is 0.300. The fourth-order valence-corrected chi connectivity index (χ4v) is 1.92. The van der Waals surface area contributed by atoms with Crippen LogP contribution in [-0.4, -0.2) is 12.6 Å². The first-order valence-corrected chi connectivity index (χ1v) is 5.40. The zero-order valence-corrected chi connectivity index (χ0v) is 10.1. The maximum atomic E-state index is 11.2. The van der Waals surface area contributed by atoms with Crippen LogP contribution in [0.25, 0.3) is 0 Å². The minimum absolute atomic E-state index is 0.214. The molecule has 0 spiro atoms. The molecule has 0 aliphatic heterocycles. The number of nitrogens with two attached hydrogens (primary N) is 1. The van der Waals surface area contributed by atoms with Gasteiger partial charge in [0.15, 0.2) is 0 Å². The van der Waals surface area contributed by atoms with E-state index < -0.39 is 0 Å². The van der Waals surface area contributed by atoms with Crippen molar-refractivity contribution in [3.05, 3.63) is 27.3 Å². The van der Waals surface area contributed by atoms with Gasteiger partial charge in [-0.3, -0.25) is 4.79 Å². The maximum Gasteiger partial charge on any atom is 0.310 e. The van der Waals surface area contributed by atoms with Gasteiger partial charge in [0.1, 0.15) is 0 Å². The van der Waals surface area contributed by atoms with Crippen molar-refractivity contribution in [3.8, 4) is 0 Å². The molecule has 0 heterocycles. The van der Waals surface area contributed by atoms with Crippen LogP contribution < -0.4 is 5.73 Å². The monoisotopic (exact) mass is 305 g/mol. The Hall–Kier alpha value is -0.780. The summed E-state index contributed by atoms with van der Waals surface area (Å²) in [6.07, 6.45) is 0.287. The van der Waals surface area contributed by atoms with Crippen LogP contribution in [0.2, 0.25) is 0 Å². The molecule has 4 heteroatoms. The summed E-state index contributed by atoms with van der Waals surface area (Å²) in [4.78, 5) is 11.2. The molecule has 1 rings (SSSR count). The second-order valence-corrected chi connectivity index (χ2v) is 4.12. The fourth-order valence-electron chi connectivity index (χ4n) is 1.16. The Kier molecular flexibility index (Phi) is 4.19. The Bertz CT molecular complexity index is 319. The van der Waals surface area contributed by atoms with Gasteiger partial charge in [-0.1, -0.05) is 0 Å². The summed E-state index contributed by atoms with van der Waals surface area (Å²) in [7, 11) is 0. The number of esters is 1. The number of benzene rings is 1. The first-order valence-electron chi connectivity index (χ1n) is 4.32. The second-order valence-electron chi connectivity index (χ2n) is 2.87. The number of anilines is 1. The van der Waals surface area contributed by atoms with Gasteiger partial charge in [0.25, 0.3) is 0 Å². The van der Waals surface area contributed by atoms with Gasteiger partial charge >= 0.3 is 5.97 Å². The third-order valence-electron chi connectivity index (χ3n) is 1.63. The van der Waals surface area contributed by atoms with Crippen molar-refractivity contribution < 1.29 is 9.53 Å². The molecule has 0 fully saturated rings. The number of halogens is 1. The van der Waals surface area contributed by atoms with Gasteiger partial charge in [-0.05, 0) is 53.3 Å². The summed E-state index contributed by atoms with van der Waals surface area (Å²) >= 11 is 2.17. The van der Waals surface area contributed by atoms with Crippen molar-refractivity contribution in [1.29, 1.82) is 0 Å². The van der Waals surface area contributed by atoms with E-state index in [9.17, 15) is 4.79 Å². The molecule has 2 N–H and O–H groups in total. The molecular weight excluding hydrogens is 293 g/mol. The van der Waals surface area contributed by atoms with E-state index in [1.54, 1.807) is 13.0 Å². The number of hydrogen-bond donors (Lipinski definition) is 1. The van der Waals surface area contributed by atoms with E-state index in [2.05, 4.69) is 22.6 Å². The molecule has 0 saturated heterocycles. The van der Waals surface area contributed by atoms with Crippen LogP contribution in [0.15, 0.2) is 18.2 Å². The first kappa shape index (κ1) is 11.3. The van der Waals surface area contributed by atoms with Gasteiger partial charge in [-0.2, -0.15) is 0 Å². The lowest BCUT2D eigenvalue weighted by Gasteiger charge is -2.03. The summed E-state index contributed by atoms with van der Waals surface area (Å²) in [6.45, 7) is 2.21. The molecule has 0 unspecified atom stereocenters. The third kappa shape index (κ3) is 3.53. The highest BCUT2D eigenvalue weighted by atomic mass is 127. The highest BCUT2D eigenvalue weighted by Crippen LogP contribution is 2.14. The molecule has 0 bridgehead atoms. The maximum absolute atomic E-state index is 11.2. The molecule has 0 aliphatic carbocycles. The number of nitrogen functional groups attached to an aromatic ring is 1. The number of ether oxygens (including phenoxy) is 1. The van der Waals surface area contributed by atoms with E-state index in [0.29, 0.717) is 12.3 Å². The van der Waals surface area contributed by atoms with Gasteiger partial charge < -0.3 is 10.5 Å². The average Bonchev–Trinajstić information content (AvgIpc) is 2.01. The van der Waals surface area contributed by atoms with Crippen molar-refractivity contribution in [1.82, 2.24) is 0 Å². The van der Waals surface area contributed by atoms with Gasteiger partial charge in [0, 0.05) is 9.26 Å². The van der Waals surface area contributed by atoms with E-state index >= 15 is 0 Å². The molecule has 0 saturated carbocycles. The topological polar surface area (TPSA) is 52.3 Å². The highest BCUT2D eigenvalue weighted by molar-refractivity contribution is 14.1. The predicted molar refractivity (Wildman–Crippen MR) is 63.9 cm³/mol. The van der Waals surface area contributed by atoms with Crippen molar-refractivity contribution in [2.24, 2.45) is 0 Å². The van der Waals surface area contributed by atoms with E-state index in [0.717, 1.165) is 9.13 Å². The van der Waals surface area contributed by atoms with Crippen molar-refractivity contribution in [3.63, 3.8) is 0 Å². The smallest absolute Gasteiger partial charge is 0.310 e.